The molecule has 0 saturated carbocycles. The van der Waals surface area contributed by atoms with Crippen LogP contribution in [0, 0.1) is 5.41 Å². The lowest BCUT2D eigenvalue weighted by Crippen LogP contribution is -2.48. The highest BCUT2D eigenvalue weighted by molar-refractivity contribution is 5.93. The predicted octanol–water partition coefficient (Wildman–Crippen LogP) is 1.37. The minimum atomic E-state index is 0.00365. The van der Waals surface area contributed by atoms with E-state index in [0.717, 1.165) is 25.3 Å². The lowest BCUT2D eigenvalue weighted by atomic mass is 10.1. The van der Waals surface area contributed by atoms with Gasteiger partial charge in [-0.25, -0.2) is 0 Å². The fourth-order valence-corrected chi connectivity index (χ4v) is 2.21. The average molecular weight is 248 g/mol. The molecule has 1 aromatic rings. The van der Waals surface area contributed by atoms with Gasteiger partial charge in [0.05, 0.1) is 30.6 Å². The molecule has 18 heavy (non-hydrogen) atoms. The zero-order valence-electron chi connectivity index (χ0n) is 10.9. The van der Waals surface area contributed by atoms with Crippen molar-refractivity contribution in [3.05, 3.63) is 24.0 Å². The Bertz CT molecular complexity index is 418. The lowest BCUT2D eigenvalue weighted by Gasteiger charge is -2.39. The molecular formula is C13H20N4O. The first-order valence-electron chi connectivity index (χ1n) is 6.30. The molecule has 5 nitrogen and oxygen atoms in total. The van der Waals surface area contributed by atoms with Crippen LogP contribution in [0.15, 0.2) is 18.3 Å². The normalized spacial score (nSPS) is 24.0. The number of aromatic nitrogens is 1. The molecule has 1 aliphatic heterocycles. The number of rotatable bonds is 3. The molecule has 1 fully saturated rings. The molecule has 1 aliphatic rings. The van der Waals surface area contributed by atoms with Crippen LogP contribution < -0.4 is 10.6 Å². The molecule has 0 amide bonds. The van der Waals surface area contributed by atoms with E-state index >= 15 is 0 Å². The summed E-state index contributed by atoms with van der Waals surface area (Å²) in [5, 5.41) is 7.34. The van der Waals surface area contributed by atoms with Crippen LogP contribution in [0.1, 0.15) is 26.0 Å². The number of nitrogens with zero attached hydrogens (tertiary/aromatic N) is 2. The second-order valence-corrected chi connectivity index (χ2v) is 4.67. The van der Waals surface area contributed by atoms with Gasteiger partial charge < -0.3 is 15.4 Å². The second kappa shape index (κ2) is 5.35. The maximum atomic E-state index is 7.34. The molecule has 98 valence electrons. The summed E-state index contributed by atoms with van der Waals surface area (Å²) >= 11 is 0. The summed E-state index contributed by atoms with van der Waals surface area (Å²) in [6, 6.07) is 4.17. The van der Waals surface area contributed by atoms with Crippen molar-refractivity contribution in [1.82, 2.24) is 4.98 Å². The quantitative estimate of drug-likeness (QED) is 0.626. The number of morpholine rings is 1. The maximum Gasteiger partial charge on any atom is 0.141 e. The number of hydrogen-bond acceptors (Lipinski definition) is 4. The highest BCUT2D eigenvalue weighted by Crippen LogP contribution is 2.22. The van der Waals surface area contributed by atoms with Crippen molar-refractivity contribution in [2.24, 2.45) is 5.73 Å². The zero-order valence-corrected chi connectivity index (χ0v) is 10.9. The van der Waals surface area contributed by atoms with Crippen molar-refractivity contribution in [2.75, 3.05) is 18.1 Å². The maximum absolute atomic E-state index is 7.34. The Morgan fingerprint density at radius 3 is 2.94 bits per heavy atom. The second-order valence-electron chi connectivity index (χ2n) is 4.67. The van der Waals surface area contributed by atoms with Gasteiger partial charge in [0.1, 0.15) is 11.5 Å². The Balaban J connectivity index is 2.20. The third-order valence-corrected chi connectivity index (χ3v) is 3.29. The molecule has 2 unspecified atom stereocenters. The summed E-state index contributed by atoms with van der Waals surface area (Å²) in [7, 11) is 0. The summed E-state index contributed by atoms with van der Waals surface area (Å²) in [5.74, 6) is 0.00365. The minimum Gasteiger partial charge on any atom is -0.382 e. The van der Waals surface area contributed by atoms with E-state index in [1.54, 1.807) is 12.3 Å². The van der Waals surface area contributed by atoms with Crippen molar-refractivity contribution in [3.63, 3.8) is 0 Å². The topological polar surface area (TPSA) is 75.2 Å². The largest absolute Gasteiger partial charge is 0.382 e. The third-order valence-electron chi connectivity index (χ3n) is 3.29. The van der Waals surface area contributed by atoms with Gasteiger partial charge in [-0.2, -0.15) is 0 Å². The van der Waals surface area contributed by atoms with E-state index in [9.17, 15) is 0 Å². The monoisotopic (exact) mass is 248 g/mol. The molecule has 5 heteroatoms. The third kappa shape index (κ3) is 2.61. The van der Waals surface area contributed by atoms with E-state index in [0.29, 0.717) is 11.7 Å². The number of amidine groups is 1. The fourth-order valence-electron chi connectivity index (χ4n) is 2.21. The highest BCUT2D eigenvalue weighted by atomic mass is 16.5. The summed E-state index contributed by atoms with van der Waals surface area (Å²) in [6.07, 6.45) is 3.07. The van der Waals surface area contributed by atoms with E-state index < -0.39 is 0 Å². The van der Waals surface area contributed by atoms with Crippen LogP contribution in [0.3, 0.4) is 0 Å². The molecule has 0 aliphatic carbocycles. The average Bonchev–Trinajstić information content (AvgIpc) is 2.39. The molecule has 1 saturated heterocycles. The SMILES string of the molecule is CCC1COC(C)CN1c1ccc(C(=N)N)nc1. The van der Waals surface area contributed by atoms with Gasteiger partial charge in [0, 0.05) is 6.54 Å². The smallest absolute Gasteiger partial charge is 0.141 e. The van der Waals surface area contributed by atoms with Gasteiger partial charge in [-0.3, -0.25) is 10.4 Å². The van der Waals surface area contributed by atoms with Gasteiger partial charge in [-0.15, -0.1) is 0 Å². The number of pyridine rings is 1. The molecule has 2 heterocycles. The zero-order chi connectivity index (χ0) is 13.1. The molecule has 2 rings (SSSR count). The van der Waals surface area contributed by atoms with Gasteiger partial charge in [0.25, 0.3) is 0 Å². The van der Waals surface area contributed by atoms with Gasteiger partial charge in [-0.1, -0.05) is 6.92 Å². The summed E-state index contributed by atoms with van der Waals surface area (Å²) in [4.78, 5) is 6.54. The van der Waals surface area contributed by atoms with Crippen LogP contribution in [0.5, 0.6) is 0 Å². The molecule has 0 aromatic carbocycles. The van der Waals surface area contributed by atoms with Gasteiger partial charge in [0.15, 0.2) is 0 Å². The van der Waals surface area contributed by atoms with E-state index in [1.807, 2.05) is 6.07 Å². The minimum absolute atomic E-state index is 0.00365. The van der Waals surface area contributed by atoms with Crippen molar-refractivity contribution in [3.8, 4) is 0 Å². The number of nitrogen functional groups attached to an aromatic ring is 1. The Labute approximate surface area is 107 Å². The van der Waals surface area contributed by atoms with Crippen LogP contribution in [-0.2, 0) is 4.74 Å². The van der Waals surface area contributed by atoms with Crippen LogP contribution in [-0.4, -0.2) is 36.1 Å². The van der Waals surface area contributed by atoms with Crippen LogP contribution in [0.2, 0.25) is 0 Å². The van der Waals surface area contributed by atoms with Crippen molar-refractivity contribution in [1.29, 1.82) is 5.41 Å². The molecule has 0 bridgehead atoms. The van der Waals surface area contributed by atoms with Crippen LogP contribution in [0.4, 0.5) is 5.69 Å². The van der Waals surface area contributed by atoms with Crippen LogP contribution in [0.25, 0.3) is 0 Å². The van der Waals surface area contributed by atoms with Crippen molar-refractivity contribution < 1.29 is 4.74 Å². The first kappa shape index (κ1) is 12.8. The van der Waals surface area contributed by atoms with Gasteiger partial charge in [-0.05, 0) is 25.5 Å². The number of hydrogen-bond donors (Lipinski definition) is 2. The number of nitrogens with one attached hydrogen (secondary N) is 1. The van der Waals surface area contributed by atoms with Gasteiger partial charge in [0.2, 0.25) is 0 Å². The molecule has 0 radical (unpaired) electrons. The first-order valence-corrected chi connectivity index (χ1v) is 6.30. The predicted molar refractivity (Wildman–Crippen MR) is 72.1 cm³/mol. The number of nitrogens with two attached hydrogens (primary N) is 1. The van der Waals surface area contributed by atoms with E-state index in [1.165, 1.54) is 0 Å². The van der Waals surface area contributed by atoms with E-state index in [2.05, 4.69) is 23.7 Å². The molecular weight excluding hydrogens is 228 g/mol. The first-order chi connectivity index (χ1) is 8.61. The molecule has 1 aromatic heterocycles. The van der Waals surface area contributed by atoms with Gasteiger partial charge >= 0.3 is 0 Å². The molecule has 2 atom stereocenters. The summed E-state index contributed by atoms with van der Waals surface area (Å²) < 4.78 is 5.68. The number of anilines is 1. The van der Waals surface area contributed by atoms with E-state index in [4.69, 9.17) is 15.9 Å². The summed E-state index contributed by atoms with van der Waals surface area (Å²) in [6.45, 7) is 5.87. The Morgan fingerprint density at radius 1 is 1.61 bits per heavy atom. The fraction of sp³-hybridized carbons (Fsp3) is 0.538. The lowest BCUT2D eigenvalue weighted by molar-refractivity contribution is 0.0299. The molecule has 0 spiro atoms. The van der Waals surface area contributed by atoms with E-state index in [-0.39, 0.29) is 11.9 Å². The van der Waals surface area contributed by atoms with Crippen LogP contribution >= 0.6 is 0 Å². The highest BCUT2D eigenvalue weighted by Gasteiger charge is 2.25. The summed E-state index contributed by atoms with van der Waals surface area (Å²) in [5.41, 5.74) is 7.00. The molecule has 3 N–H and O–H groups in total. The Morgan fingerprint density at radius 2 is 2.39 bits per heavy atom. The Kier molecular flexibility index (Phi) is 3.81. The van der Waals surface area contributed by atoms with Crippen molar-refractivity contribution >= 4 is 11.5 Å². The number of ether oxygens (including phenoxy) is 1. The Hall–Kier alpha value is -1.62. The van der Waals surface area contributed by atoms with Crippen molar-refractivity contribution in [2.45, 2.75) is 32.4 Å². The standard InChI is InChI=1S/C13H20N4O/c1-3-10-8-18-9(2)7-17(10)11-4-5-12(13(14)15)16-6-11/h4-6,9-10H,3,7-8H2,1-2H3,(H3,14,15).